The summed E-state index contributed by atoms with van der Waals surface area (Å²) < 4.78 is 1.86. The summed E-state index contributed by atoms with van der Waals surface area (Å²) >= 11 is 0. The number of nitrogens with one attached hydrogen (secondary N) is 1. The summed E-state index contributed by atoms with van der Waals surface area (Å²) in [7, 11) is 0. The van der Waals surface area contributed by atoms with Crippen LogP contribution in [-0.4, -0.2) is 24.7 Å². The Hall–Kier alpha value is -2.95. The van der Waals surface area contributed by atoms with E-state index in [1.54, 1.807) is 12.7 Å². The second-order valence-corrected chi connectivity index (χ2v) is 4.52. The van der Waals surface area contributed by atoms with Crippen molar-refractivity contribution in [3.63, 3.8) is 0 Å². The molecule has 0 amide bonds. The van der Waals surface area contributed by atoms with Crippen LogP contribution >= 0.6 is 0 Å². The quantitative estimate of drug-likeness (QED) is 0.603. The van der Waals surface area contributed by atoms with Crippen molar-refractivity contribution >= 4 is 11.0 Å². The number of rotatable bonds is 2. The normalized spacial score (nSPS) is 11.0. The van der Waals surface area contributed by atoms with Gasteiger partial charge in [0, 0.05) is 11.3 Å². The van der Waals surface area contributed by atoms with Crippen LogP contribution in [0.1, 0.15) is 0 Å². The maximum atomic E-state index is 4.59. The van der Waals surface area contributed by atoms with Crippen molar-refractivity contribution < 1.29 is 0 Å². The van der Waals surface area contributed by atoms with E-state index < -0.39 is 0 Å². The Bertz CT molecular complexity index is 811. The highest BCUT2D eigenvalue weighted by Gasteiger charge is 2.05. The third kappa shape index (κ3) is 1.76. The molecule has 0 radical (unpaired) electrons. The fraction of sp³-hybridized carbons (Fsp3) is 0. The molecule has 4 aromatic rings. The first-order chi connectivity index (χ1) is 9.90. The monoisotopic (exact) mass is 261 g/mol. The van der Waals surface area contributed by atoms with Gasteiger partial charge in [-0.2, -0.15) is 0 Å². The van der Waals surface area contributed by atoms with Crippen molar-refractivity contribution in [2.45, 2.75) is 0 Å². The number of para-hydroxylation sites is 2. The van der Waals surface area contributed by atoms with Gasteiger partial charge in [0.25, 0.3) is 0 Å². The van der Waals surface area contributed by atoms with Gasteiger partial charge in [-0.1, -0.05) is 12.1 Å². The molecule has 0 unspecified atom stereocenters. The first kappa shape index (κ1) is 10.9. The van der Waals surface area contributed by atoms with Gasteiger partial charge in [-0.05, 0) is 36.4 Å². The first-order valence-electron chi connectivity index (χ1n) is 6.30. The lowest BCUT2D eigenvalue weighted by molar-refractivity contribution is 1.06. The summed E-state index contributed by atoms with van der Waals surface area (Å²) in [5, 5.41) is 7.60. The molecule has 2 aromatic heterocycles. The highest BCUT2D eigenvalue weighted by atomic mass is 15.2. The van der Waals surface area contributed by atoms with Crippen LogP contribution in [-0.2, 0) is 0 Å². The second kappa shape index (κ2) is 4.31. The molecule has 0 aliphatic carbocycles. The van der Waals surface area contributed by atoms with Crippen LogP contribution in [0.4, 0.5) is 0 Å². The number of nitrogens with zero attached hydrogens (tertiary/aromatic N) is 4. The largest absolute Gasteiger partial charge is 0.338 e. The molecule has 4 rings (SSSR count). The molecule has 0 bridgehead atoms. The van der Waals surface area contributed by atoms with Crippen molar-refractivity contribution in [2.75, 3.05) is 0 Å². The van der Waals surface area contributed by atoms with Crippen LogP contribution in [0.3, 0.4) is 0 Å². The van der Waals surface area contributed by atoms with Gasteiger partial charge in [-0.15, -0.1) is 10.2 Å². The number of aromatic nitrogens is 5. The van der Waals surface area contributed by atoms with Crippen LogP contribution in [0.5, 0.6) is 0 Å². The SMILES string of the molecule is c1ccc2[nH]c(-c3ccc(-n4cnnc4)cc3)nc2c1. The predicted molar refractivity (Wildman–Crippen MR) is 76.4 cm³/mol. The number of fused-ring (bicyclic) bond motifs is 1. The Kier molecular flexibility index (Phi) is 2.35. The summed E-state index contributed by atoms with van der Waals surface area (Å²) in [6, 6.07) is 16.1. The fourth-order valence-electron chi connectivity index (χ4n) is 2.21. The van der Waals surface area contributed by atoms with Gasteiger partial charge in [0.15, 0.2) is 0 Å². The lowest BCUT2D eigenvalue weighted by Gasteiger charge is -2.02. The molecule has 0 fully saturated rings. The molecule has 0 atom stereocenters. The smallest absolute Gasteiger partial charge is 0.138 e. The van der Waals surface area contributed by atoms with Gasteiger partial charge in [0.1, 0.15) is 18.5 Å². The fourth-order valence-corrected chi connectivity index (χ4v) is 2.21. The Morgan fingerprint density at radius 1 is 0.850 bits per heavy atom. The first-order valence-corrected chi connectivity index (χ1v) is 6.30. The van der Waals surface area contributed by atoms with E-state index in [4.69, 9.17) is 0 Å². The maximum absolute atomic E-state index is 4.59. The minimum absolute atomic E-state index is 0.876. The van der Waals surface area contributed by atoms with Gasteiger partial charge >= 0.3 is 0 Å². The summed E-state index contributed by atoms with van der Waals surface area (Å²) in [6.07, 6.45) is 3.35. The third-order valence-corrected chi connectivity index (χ3v) is 3.25. The molecule has 1 N–H and O–H groups in total. The third-order valence-electron chi connectivity index (χ3n) is 3.25. The summed E-state index contributed by atoms with van der Waals surface area (Å²) in [5.74, 6) is 0.876. The molecule has 96 valence electrons. The molecular formula is C15H11N5. The van der Waals surface area contributed by atoms with E-state index in [0.29, 0.717) is 0 Å². The average Bonchev–Trinajstić information content (AvgIpc) is 3.17. The summed E-state index contributed by atoms with van der Waals surface area (Å²) in [5.41, 5.74) is 4.10. The standard InChI is InChI=1S/C15H11N5/c1-2-4-14-13(3-1)18-15(19-14)11-5-7-12(8-6-11)20-9-16-17-10-20/h1-10H,(H,18,19). The van der Waals surface area contributed by atoms with Crippen molar-refractivity contribution in [3.8, 4) is 17.1 Å². The van der Waals surface area contributed by atoms with Crippen molar-refractivity contribution in [3.05, 3.63) is 61.2 Å². The van der Waals surface area contributed by atoms with E-state index in [-0.39, 0.29) is 0 Å². The lowest BCUT2D eigenvalue weighted by Crippen LogP contribution is -1.89. The number of hydrogen-bond acceptors (Lipinski definition) is 3. The topological polar surface area (TPSA) is 59.4 Å². The minimum atomic E-state index is 0.876. The van der Waals surface area contributed by atoms with Crippen LogP contribution < -0.4 is 0 Å². The van der Waals surface area contributed by atoms with Crippen LogP contribution in [0, 0.1) is 0 Å². The molecular weight excluding hydrogens is 250 g/mol. The number of hydrogen-bond donors (Lipinski definition) is 1. The van der Waals surface area contributed by atoms with E-state index in [0.717, 1.165) is 28.1 Å². The number of H-pyrrole nitrogens is 1. The molecule has 2 aromatic carbocycles. The predicted octanol–water partition coefficient (Wildman–Crippen LogP) is 2.81. The van der Waals surface area contributed by atoms with Crippen LogP contribution in [0.2, 0.25) is 0 Å². The number of benzene rings is 2. The molecule has 0 aliphatic rings. The van der Waals surface area contributed by atoms with Crippen LogP contribution in [0.15, 0.2) is 61.2 Å². The van der Waals surface area contributed by atoms with E-state index >= 15 is 0 Å². The van der Waals surface area contributed by atoms with E-state index in [9.17, 15) is 0 Å². The molecule has 5 nitrogen and oxygen atoms in total. The van der Waals surface area contributed by atoms with Crippen LogP contribution in [0.25, 0.3) is 28.1 Å². The zero-order chi connectivity index (χ0) is 13.4. The number of imidazole rings is 1. The second-order valence-electron chi connectivity index (χ2n) is 4.52. The Balaban J connectivity index is 1.75. The maximum Gasteiger partial charge on any atom is 0.138 e. The zero-order valence-electron chi connectivity index (χ0n) is 10.6. The van der Waals surface area contributed by atoms with Gasteiger partial charge in [0.05, 0.1) is 11.0 Å². The lowest BCUT2D eigenvalue weighted by atomic mass is 10.2. The van der Waals surface area contributed by atoms with E-state index in [1.807, 2.05) is 53.1 Å². The Labute approximate surface area is 114 Å². The highest BCUT2D eigenvalue weighted by molar-refractivity contribution is 5.79. The molecule has 0 spiro atoms. The van der Waals surface area contributed by atoms with E-state index in [2.05, 4.69) is 20.2 Å². The zero-order valence-corrected chi connectivity index (χ0v) is 10.6. The average molecular weight is 261 g/mol. The van der Waals surface area contributed by atoms with Crippen molar-refractivity contribution in [1.82, 2.24) is 24.7 Å². The van der Waals surface area contributed by atoms with Crippen molar-refractivity contribution in [1.29, 1.82) is 0 Å². The number of aromatic amines is 1. The van der Waals surface area contributed by atoms with E-state index in [1.165, 1.54) is 0 Å². The molecule has 0 saturated heterocycles. The van der Waals surface area contributed by atoms with Gasteiger partial charge < -0.3 is 4.98 Å². The Morgan fingerprint density at radius 3 is 2.35 bits per heavy atom. The Morgan fingerprint density at radius 2 is 1.60 bits per heavy atom. The highest BCUT2D eigenvalue weighted by Crippen LogP contribution is 2.21. The minimum Gasteiger partial charge on any atom is -0.338 e. The van der Waals surface area contributed by atoms with Crippen molar-refractivity contribution in [2.24, 2.45) is 0 Å². The molecule has 0 aliphatic heterocycles. The molecule has 20 heavy (non-hydrogen) atoms. The molecule has 0 saturated carbocycles. The summed E-state index contributed by atoms with van der Waals surface area (Å²) in [6.45, 7) is 0. The summed E-state index contributed by atoms with van der Waals surface area (Å²) in [4.78, 5) is 7.91. The van der Waals surface area contributed by atoms with Gasteiger partial charge in [0.2, 0.25) is 0 Å². The van der Waals surface area contributed by atoms with Gasteiger partial charge in [-0.3, -0.25) is 4.57 Å². The molecule has 2 heterocycles. The van der Waals surface area contributed by atoms with Gasteiger partial charge in [-0.25, -0.2) is 4.98 Å². The molecule has 5 heteroatoms.